The Bertz CT molecular complexity index is 657. The molecule has 0 radical (unpaired) electrons. The molecule has 1 aliphatic heterocycles. The summed E-state index contributed by atoms with van der Waals surface area (Å²) in [7, 11) is 0. The summed E-state index contributed by atoms with van der Waals surface area (Å²) in [5.41, 5.74) is 7.34. The number of hydrogen-bond donors (Lipinski definition) is 1. The van der Waals surface area contributed by atoms with Crippen LogP contribution in [0.5, 0.6) is 0 Å². The molecule has 3 rings (SSSR count). The van der Waals surface area contributed by atoms with Gasteiger partial charge in [0.15, 0.2) is 6.10 Å². The van der Waals surface area contributed by atoms with E-state index in [0.29, 0.717) is 13.2 Å². The van der Waals surface area contributed by atoms with Crippen molar-refractivity contribution in [3.8, 4) is 0 Å². The highest BCUT2D eigenvalue weighted by Gasteiger charge is 2.48. The van der Waals surface area contributed by atoms with Gasteiger partial charge >= 0.3 is 0 Å². The van der Waals surface area contributed by atoms with Crippen molar-refractivity contribution in [2.45, 2.75) is 57.0 Å². The lowest BCUT2D eigenvalue weighted by atomic mass is 9.63. The van der Waals surface area contributed by atoms with E-state index in [0.717, 1.165) is 24.8 Å². The Morgan fingerprint density at radius 3 is 2.32 bits per heavy atom. The number of ether oxygens (including phenoxy) is 1. The number of nitrogens with zero attached hydrogens (tertiary/aromatic N) is 1. The Hall–Kier alpha value is -1.88. The van der Waals surface area contributed by atoms with E-state index in [-0.39, 0.29) is 17.9 Å². The predicted octanol–water partition coefficient (Wildman–Crippen LogP) is 2.12. The average molecular weight is 344 g/mol. The molecule has 1 heterocycles. The molecule has 1 aromatic rings. The predicted molar refractivity (Wildman–Crippen MR) is 96.2 cm³/mol. The van der Waals surface area contributed by atoms with Crippen LogP contribution in [0, 0.1) is 0 Å². The van der Waals surface area contributed by atoms with E-state index in [2.05, 4.69) is 45.0 Å². The standard InChI is InChI=1S/C20H28N2O3/c1-19(2,3)14-5-7-15(8-6-14)20(9-4-10-20)18(24)22-11-12-25-16(13-22)17(21)23/h5-8,16H,4,9-13H2,1-3H3,(H2,21,23). The van der Waals surface area contributed by atoms with Gasteiger partial charge in [-0.1, -0.05) is 51.5 Å². The number of hydrogen-bond acceptors (Lipinski definition) is 3. The van der Waals surface area contributed by atoms with Crippen molar-refractivity contribution < 1.29 is 14.3 Å². The van der Waals surface area contributed by atoms with Crippen molar-refractivity contribution in [1.29, 1.82) is 0 Å². The molecule has 0 bridgehead atoms. The molecule has 1 atom stereocenters. The van der Waals surface area contributed by atoms with Gasteiger partial charge in [0, 0.05) is 6.54 Å². The van der Waals surface area contributed by atoms with Crippen LogP contribution in [0.4, 0.5) is 0 Å². The highest BCUT2D eigenvalue weighted by atomic mass is 16.5. The summed E-state index contributed by atoms with van der Waals surface area (Å²) in [6.07, 6.45) is 2.08. The molecule has 1 aliphatic carbocycles. The third kappa shape index (κ3) is 3.30. The van der Waals surface area contributed by atoms with Gasteiger partial charge in [0.1, 0.15) is 0 Å². The molecule has 1 saturated heterocycles. The highest BCUT2D eigenvalue weighted by Crippen LogP contribution is 2.45. The fourth-order valence-corrected chi connectivity index (χ4v) is 3.75. The Morgan fingerprint density at radius 2 is 1.84 bits per heavy atom. The molecule has 2 aliphatic rings. The van der Waals surface area contributed by atoms with E-state index in [9.17, 15) is 9.59 Å². The van der Waals surface area contributed by atoms with Crippen LogP contribution in [-0.4, -0.2) is 42.5 Å². The molecule has 0 spiro atoms. The first-order chi connectivity index (χ1) is 11.7. The van der Waals surface area contributed by atoms with Crippen LogP contribution in [0.3, 0.4) is 0 Å². The van der Waals surface area contributed by atoms with Gasteiger partial charge in [-0.15, -0.1) is 0 Å². The Morgan fingerprint density at radius 1 is 1.20 bits per heavy atom. The van der Waals surface area contributed by atoms with Crippen molar-refractivity contribution in [3.63, 3.8) is 0 Å². The molecule has 1 aromatic carbocycles. The second kappa shape index (κ2) is 6.45. The van der Waals surface area contributed by atoms with Crippen molar-refractivity contribution >= 4 is 11.8 Å². The van der Waals surface area contributed by atoms with E-state index in [4.69, 9.17) is 10.5 Å². The Balaban J connectivity index is 1.83. The molecule has 5 heteroatoms. The molecule has 5 nitrogen and oxygen atoms in total. The zero-order chi connectivity index (χ0) is 18.2. The molecule has 1 unspecified atom stereocenters. The average Bonchev–Trinajstić information content (AvgIpc) is 2.53. The third-order valence-corrected chi connectivity index (χ3v) is 5.59. The minimum atomic E-state index is -0.696. The maximum Gasteiger partial charge on any atom is 0.248 e. The largest absolute Gasteiger partial charge is 0.367 e. The number of amides is 2. The van der Waals surface area contributed by atoms with Crippen molar-refractivity contribution in [3.05, 3.63) is 35.4 Å². The van der Waals surface area contributed by atoms with E-state index >= 15 is 0 Å². The minimum Gasteiger partial charge on any atom is -0.367 e. The van der Waals surface area contributed by atoms with Gasteiger partial charge in [0.2, 0.25) is 11.8 Å². The van der Waals surface area contributed by atoms with Crippen LogP contribution < -0.4 is 5.73 Å². The van der Waals surface area contributed by atoms with E-state index < -0.39 is 17.4 Å². The van der Waals surface area contributed by atoms with Gasteiger partial charge in [-0.2, -0.15) is 0 Å². The van der Waals surface area contributed by atoms with Gasteiger partial charge in [-0.25, -0.2) is 0 Å². The molecular weight excluding hydrogens is 316 g/mol. The molecule has 2 fully saturated rings. The van der Waals surface area contributed by atoms with Gasteiger partial charge < -0.3 is 15.4 Å². The zero-order valence-electron chi connectivity index (χ0n) is 15.4. The summed E-state index contributed by atoms with van der Waals surface area (Å²) in [5.74, 6) is -0.397. The lowest BCUT2D eigenvalue weighted by Gasteiger charge is -2.45. The smallest absolute Gasteiger partial charge is 0.248 e. The lowest BCUT2D eigenvalue weighted by Crippen LogP contribution is -2.57. The van der Waals surface area contributed by atoms with Crippen LogP contribution in [0.15, 0.2) is 24.3 Å². The molecule has 136 valence electrons. The third-order valence-electron chi connectivity index (χ3n) is 5.59. The maximum absolute atomic E-state index is 13.3. The summed E-state index contributed by atoms with van der Waals surface area (Å²) in [6.45, 7) is 7.69. The summed E-state index contributed by atoms with van der Waals surface area (Å²) >= 11 is 0. The Kier molecular flexibility index (Phi) is 4.62. The second-order valence-electron chi connectivity index (χ2n) is 8.28. The first-order valence-corrected chi connectivity index (χ1v) is 9.05. The minimum absolute atomic E-state index is 0.0915. The van der Waals surface area contributed by atoms with Crippen molar-refractivity contribution in [2.75, 3.05) is 19.7 Å². The molecule has 0 aromatic heterocycles. The first-order valence-electron chi connectivity index (χ1n) is 9.05. The molecule has 1 saturated carbocycles. The van der Waals surface area contributed by atoms with Gasteiger partial charge in [0.25, 0.3) is 0 Å². The topological polar surface area (TPSA) is 72.6 Å². The monoisotopic (exact) mass is 344 g/mol. The summed E-state index contributed by atoms with van der Waals surface area (Å²) in [6, 6.07) is 8.47. The molecule has 25 heavy (non-hydrogen) atoms. The number of morpholine rings is 1. The van der Waals surface area contributed by atoms with Crippen LogP contribution in [0.1, 0.15) is 51.2 Å². The first kappa shape index (κ1) is 17.9. The van der Waals surface area contributed by atoms with Gasteiger partial charge in [0.05, 0.1) is 18.6 Å². The number of primary amides is 1. The van der Waals surface area contributed by atoms with Crippen LogP contribution in [0.25, 0.3) is 0 Å². The zero-order valence-corrected chi connectivity index (χ0v) is 15.4. The number of rotatable bonds is 3. The fourth-order valence-electron chi connectivity index (χ4n) is 3.75. The van der Waals surface area contributed by atoms with Crippen LogP contribution >= 0.6 is 0 Å². The molecular formula is C20H28N2O3. The highest BCUT2D eigenvalue weighted by molar-refractivity contribution is 5.90. The van der Waals surface area contributed by atoms with Crippen LogP contribution in [-0.2, 0) is 25.2 Å². The quantitative estimate of drug-likeness (QED) is 0.913. The fraction of sp³-hybridized carbons (Fsp3) is 0.600. The SMILES string of the molecule is CC(C)(C)c1ccc(C2(C(=O)N3CCOC(C(N)=O)C3)CCC2)cc1. The van der Waals surface area contributed by atoms with E-state index in [1.54, 1.807) is 4.90 Å². The van der Waals surface area contributed by atoms with Crippen LogP contribution in [0.2, 0.25) is 0 Å². The summed E-state index contributed by atoms with van der Waals surface area (Å²) < 4.78 is 5.37. The number of benzene rings is 1. The molecule has 2 N–H and O–H groups in total. The lowest BCUT2D eigenvalue weighted by molar-refractivity contribution is -0.152. The van der Waals surface area contributed by atoms with Gasteiger partial charge in [-0.3, -0.25) is 9.59 Å². The second-order valence-corrected chi connectivity index (χ2v) is 8.28. The summed E-state index contributed by atoms with van der Waals surface area (Å²) in [5, 5.41) is 0. The van der Waals surface area contributed by atoms with E-state index in [1.807, 2.05) is 0 Å². The van der Waals surface area contributed by atoms with Crippen molar-refractivity contribution in [1.82, 2.24) is 4.90 Å². The normalized spacial score (nSPS) is 23.0. The van der Waals surface area contributed by atoms with Gasteiger partial charge in [-0.05, 0) is 29.4 Å². The number of carbonyl (C=O) groups excluding carboxylic acids is 2. The number of carbonyl (C=O) groups is 2. The number of nitrogens with two attached hydrogens (primary N) is 1. The maximum atomic E-state index is 13.3. The summed E-state index contributed by atoms with van der Waals surface area (Å²) in [4.78, 5) is 26.4. The van der Waals surface area contributed by atoms with Crippen molar-refractivity contribution in [2.24, 2.45) is 5.73 Å². The molecule has 2 amide bonds. The Labute approximate surface area is 149 Å². The van der Waals surface area contributed by atoms with E-state index in [1.165, 1.54) is 5.56 Å².